The van der Waals surface area contributed by atoms with E-state index in [4.69, 9.17) is 5.73 Å². The van der Waals surface area contributed by atoms with Gasteiger partial charge in [0.1, 0.15) is 5.82 Å². The highest BCUT2D eigenvalue weighted by molar-refractivity contribution is 6.00. The number of carbonyl (C=O) groups is 1. The third kappa shape index (κ3) is 3.49. The molecule has 1 aliphatic heterocycles. The second kappa shape index (κ2) is 7.57. The molecule has 30 heavy (non-hydrogen) atoms. The molecule has 2 aromatic heterocycles. The van der Waals surface area contributed by atoms with Crippen LogP contribution in [0.15, 0.2) is 67.0 Å². The molecule has 4 aromatic rings. The molecule has 0 saturated heterocycles. The van der Waals surface area contributed by atoms with Crippen molar-refractivity contribution in [1.82, 2.24) is 15.3 Å². The number of hydrogen-bond acceptors (Lipinski definition) is 5. The fourth-order valence-electron chi connectivity index (χ4n) is 3.88. The molecule has 0 aliphatic carbocycles. The van der Waals surface area contributed by atoms with Gasteiger partial charge in [0.2, 0.25) is 0 Å². The summed E-state index contributed by atoms with van der Waals surface area (Å²) in [6, 6.07) is 17.9. The van der Waals surface area contributed by atoms with Crippen LogP contribution in [0.5, 0.6) is 0 Å². The molecule has 6 nitrogen and oxygen atoms in total. The van der Waals surface area contributed by atoms with Gasteiger partial charge in [0.25, 0.3) is 5.91 Å². The maximum atomic E-state index is 12.0. The van der Waals surface area contributed by atoms with Crippen molar-refractivity contribution in [3.63, 3.8) is 0 Å². The van der Waals surface area contributed by atoms with Crippen LogP contribution in [0.1, 0.15) is 21.5 Å². The van der Waals surface area contributed by atoms with E-state index in [-0.39, 0.29) is 0 Å². The van der Waals surface area contributed by atoms with Crippen molar-refractivity contribution < 1.29 is 4.79 Å². The first kappa shape index (κ1) is 18.3. The Hall–Kier alpha value is -3.77. The fourth-order valence-corrected chi connectivity index (χ4v) is 3.88. The van der Waals surface area contributed by atoms with Crippen molar-refractivity contribution in [3.8, 4) is 11.1 Å². The second-order valence-corrected chi connectivity index (χ2v) is 7.42. The highest BCUT2D eigenvalue weighted by atomic mass is 16.1. The third-order valence-electron chi connectivity index (χ3n) is 5.47. The van der Waals surface area contributed by atoms with Crippen LogP contribution >= 0.6 is 0 Å². The van der Waals surface area contributed by atoms with Crippen LogP contribution in [-0.2, 0) is 13.0 Å². The number of nitrogens with one attached hydrogen (secondary N) is 2. The lowest BCUT2D eigenvalue weighted by Crippen LogP contribution is -2.23. The topological polar surface area (TPSA) is 92.9 Å². The molecule has 5 rings (SSSR count). The first-order chi connectivity index (χ1) is 14.7. The second-order valence-electron chi connectivity index (χ2n) is 7.42. The zero-order chi connectivity index (χ0) is 20.5. The highest BCUT2D eigenvalue weighted by Gasteiger charge is 2.13. The number of anilines is 2. The van der Waals surface area contributed by atoms with E-state index in [2.05, 4.69) is 38.8 Å². The molecular weight excluding hydrogens is 374 g/mol. The molecule has 148 valence electrons. The summed E-state index contributed by atoms with van der Waals surface area (Å²) in [5.41, 5.74) is 12.3. The molecule has 0 unspecified atom stereocenters. The van der Waals surface area contributed by atoms with Crippen LogP contribution in [0.3, 0.4) is 0 Å². The number of nitrogens with two attached hydrogens (primary N) is 1. The Bertz CT molecular complexity index is 1270. The summed E-state index contributed by atoms with van der Waals surface area (Å²) >= 11 is 0. The van der Waals surface area contributed by atoms with Crippen molar-refractivity contribution in [2.75, 3.05) is 11.9 Å². The van der Waals surface area contributed by atoms with Crippen molar-refractivity contribution in [3.05, 3.63) is 83.7 Å². The van der Waals surface area contributed by atoms with E-state index in [0.29, 0.717) is 17.1 Å². The van der Waals surface area contributed by atoms with Crippen LogP contribution in [0.4, 0.5) is 11.5 Å². The van der Waals surface area contributed by atoms with E-state index >= 15 is 0 Å². The molecule has 0 radical (unpaired) electrons. The summed E-state index contributed by atoms with van der Waals surface area (Å²) in [5.74, 6) is 0.144. The number of aromatic nitrogens is 2. The summed E-state index contributed by atoms with van der Waals surface area (Å²) < 4.78 is 0. The van der Waals surface area contributed by atoms with Gasteiger partial charge in [0.05, 0.1) is 23.0 Å². The number of hydrogen-bond donors (Lipinski definition) is 3. The van der Waals surface area contributed by atoms with Crippen LogP contribution in [0, 0.1) is 0 Å². The van der Waals surface area contributed by atoms with Gasteiger partial charge >= 0.3 is 0 Å². The highest BCUT2D eigenvalue weighted by Crippen LogP contribution is 2.30. The maximum absolute atomic E-state index is 12.0. The van der Waals surface area contributed by atoms with Gasteiger partial charge in [0.15, 0.2) is 0 Å². The molecule has 0 fully saturated rings. The summed E-state index contributed by atoms with van der Waals surface area (Å²) in [4.78, 5) is 20.7. The Morgan fingerprint density at radius 1 is 1.00 bits per heavy atom. The first-order valence-corrected chi connectivity index (χ1v) is 9.92. The lowest BCUT2D eigenvalue weighted by Gasteiger charge is -2.18. The van der Waals surface area contributed by atoms with Crippen LogP contribution in [0.25, 0.3) is 22.0 Å². The summed E-state index contributed by atoms with van der Waals surface area (Å²) in [6.07, 6.45) is 4.50. The van der Waals surface area contributed by atoms with Crippen LogP contribution in [-0.4, -0.2) is 22.4 Å². The van der Waals surface area contributed by atoms with E-state index in [1.165, 1.54) is 11.1 Å². The number of nitrogens with zero attached hydrogens (tertiary/aromatic N) is 2. The third-order valence-corrected chi connectivity index (χ3v) is 5.47. The molecule has 3 heterocycles. The standard InChI is InChI=1S/C24H21N5O/c25-24(30)20-5-3-18(17-2-1-15-7-9-26-13-19(15)11-17)12-21(20)28-23-6-4-16-8-10-27-14-22(16)29-23/h1-6,8,10-12,14,26H,7,9,13H2,(H2,25,30)(H,28,29). The van der Waals surface area contributed by atoms with E-state index in [9.17, 15) is 4.79 Å². The van der Waals surface area contributed by atoms with Crippen LogP contribution in [0.2, 0.25) is 0 Å². The molecule has 0 saturated carbocycles. The van der Waals surface area contributed by atoms with E-state index in [1.54, 1.807) is 18.5 Å². The minimum atomic E-state index is -0.485. The predicted molar refractivity (Wildman–Crippen MR) is 119 cm³/mol. The van der Waals surface area contributed by atoms with Crippen molar-refractivity contribution in [2.45, 2.75) is 13.0 Å². The summed E-state index contributed by atoms with van der Waals surface area (Å²) in [5, 5.41) is 7.68. The number of carbonyl (C=O) groups excluding carboxylic acids is 1. The van der Waals surface area contributed by atoms with E-state index in [0.717, 1.165) is 41.5 Å². The van der Waals surface area contributed by atoms with Gasteiger partial charge in [-0.15, -0.1) is 0 Å². The lowest BCUT2D eigenvalue weighted by atomic mass is 9.94. The minimum Gasteiger partial charge on any atom is -0.366 e. The normalized spacial score (nSPS) is 13.1. The van der Waals surface area contributed by atoms with Gasteiger partial charge in [-0.25, -0.2) is 4.98 Å². The average Bonchev–Trinajstić information content (AvgIpc) is 2.78. The van der Waals surface area contributed by atoms with E-state index in [1.807, 2.05) is 30.3 Å². The van der Waals surface area contributed by atoms with Gasteiger partial charge < -0.3 is 16.4 Å². The molecule has 2 aromatic carbocycles. The Balaban J connectivity index is 1.54. The molecule has 0 spiro atoms. The SMILES string of the molecule is NC(=O)c1ccc(-c2ccc3c(c2)CNCC3)cc1Nc1ccc2ccncc2n1. The number of benzene rings is 2. The van der Waals surface area contributed by atoms with Crippen molar-refractivity contribution in [1.29, 1.82) is 0 Å². The molecule has 0 atom stereocenters. The first-order valence-electron chi connectivity index (χ1n) is 9.92. The number of rotatable bonds is 4. The molecule has 1 amide bonds. The zero-order valence-corrected chi connectivity index (χ0v) is 16.4. The minimum absolute atomic E-state index is 0.423. The molecule has 6 heteroatoms. The van der Waals surface area contributed by atoms with Crippen molar-refractivity contribution in [2.24, 2.45) is 5.73 Å². The molecule has 0 bridgehead atoms. The van der Waals surface area contributed by atoms with Gasteiger partial charge in [-0.2, -0.15) is 0 Å². The summed E-state index contributed by atoms with van der Waals surface area (Å²) in [6.45, 7) is 1.89. The fraction of sp³-hybridized carbons (Fsp3) is 0.125. The summed E-state index contributed by atoms with van der Waals surface area (Å²) in [7, 11) is 0. The average molecular weight is 395 g/mol. The van der Waals surface area contributed by atoms with Crippen molar-refractivity contribution >= 4 is 28.3 Å². The van der Waals surface area contributed by atoms with E-state index < -0.39 is 5.91 Å². The Kier molecular flexibility index (Phi) is 4.61. The Morgan fingerprint density at radius 2 is 1.87 bits per heavy atom. The monoisotopic (exact) mass is 395 g/mol. The zero-order valence-electron chi connectivity index (χ0n) is 16.4. The number of fused-ring (bicyclic) bond motifs is 2. The number of primary amides is 1. The molecule has 1 aliphatic rings. The lowest BCUT2D eigenvalue weighted by molar-refractivity contribution is 0.100. The van der Waals surface area contributed by atoms with Gasteiger partial charge in [-0.1, -0.05) is 18.2 Å². The molecular formula is C24H21N5O. The van der Waals surface area contributed by atoms with Gasteiger partial charge in [-0.3, -0.25) is 9.78 Å². The Labute approximate surface area is 174 Å². The predicted octanol–water partition coefficient (Wildman–Crippen LogP) is 3.79. The number of amides is 1. The van der Waals surface area contributed by atoms with Gasteiger partial charge in [0, 0.05) is 18.1 Å². The quantitative estimate of drug-likeness (QED) is 0.489. The van der Waals surface area contributed by atoms with Crippen LogP contribution < -0.4 is 16.4 Å². The molecule has 4 N–H and O–H groups in total. The Morgan fingerprint density at radius 3 is 2.77 bits per heavy atom. The smallest absolute Gasteiger partial charge is 0.250 e. The number of pyridine rings is 2. The largest absolute Gasteiger partial charge is 0.366 e. The maximum Gasteiger partial charge on any atom is 0.250 e. The van der Waals surface area contributed by atoms with Gasteiger partial charge in [-0.05, 0) is 71.6 Å².